The van der Waals surface area contributed by atoms with Crippen molar-refractivity contribution in [1.29, 1.82) is 0 Å². The SMILES string of the molecule is C1=C[NH+](c2cc[nH]c2-c2ccccc2)N=C1. The van der Waals surface area contributed by atoms with E-state index in [9.17, 15) is 0 Å². The Kier molecular flexibility index (Phi) is 2.16. The van der Waals surface area contributed by atoms with E-state index in [1.54, 1.807) is 0 Å². The number of aromatic amines is 1. The quantitative estimate of drug-likeness (QED) is 0.756. The maximum absolute atomic E-state index is 4.32. The van der Waals surface area contributed by atoms with Crippen molar-refractivity contribution in [3.63, 3.8) is 0 Å². The molecule has 1 aromatic carbocycles. The van der Waals surface area contributed by atoms with Gasteiger partial charge in [-0.2, -0.15) is 0 Å². The number of hydrogen-bond donors (Lipinski definition) is 2. The summed E-state index contributed by atoms with van der Waals surface area (Å²) in [6.07, 6.45) is 7.75. The molecule has 0 aliphatic carbocycles. The zero-order chi connectivity index (χ0) is 10.8. The fraction of sp³-hybridized carbons (Fsp3) is 0. The topological polar surface area (TPSA) is 32.6 Å². The first-order valence-corrected chi connectivity index (χ1v) is 5.26. The molecule has 1 aliphatic rings. The minimum atomic E-state index is 1.01. The molecule has 1 atom stereocenters. The van der Waals surface area contributed by atoms with E-state index in [0.29, 0.717) is 0 Å². The highest BCUT2D eigenvalue weighted by molar-refractivity contribution is 5.73. The lowest BCUT2D eigenvalue weighted by Gasteiger charge is -2.05. The van der Waals surface area contributed by atoms with Gasteiger partial charge in [-0.15, -0.1) is 5.01 Å². The molecule has 0 saturated heterocycles. The van der Waals surface area contributed by atoms with Gasteiger partial charge in [0.25, 0.3) is 0 Å². The first-order valence-electron chi connectivity index (χ1n) is 5.26. The van der Waals surface area contributed by atoms with Gasteiger partial charge in [0.2, 0.25) is 0 Å². The van der Waals surface area contributed by atoms with Crippen LogP contribution in [-0.2, 0) is 0 Å². The summed E-state index contributed by atoms with van der Waals surface area (Å²) in [6, 6.07) is 12.4. The molecule has 0 amide bonds. The van der Waals surface area contributed by atoms with Gasteiger partial charge in [0.1, 0.15) is 11.9 Å². The Balaban J connectivity index is 2.06. The third-order valence-electron chi connectivity index (χ3n) is 2.64. The normalized spacial score (nSPS) is 18.1. The monoisotopic (exact) mass is 210 g/mol. The van der Waals surface area contributed by atoms with Gasteiger partial charge in [0.15, 0.2) is 5.69 Å². The minimum Gasteiger partial charge on any atom is -0.356 e. The molecule has 3 nitrogen and oxygen atoms in total. The van der Waals surface area contributed by atoms with E-state index in [-0.39, 0.29) is 0 Å². The van der Waals surface area contributed by atoms with Crippen LogP contribution in [-0.4, -0.2) is 11.2 Å². The summed E-state index contributed by atoms with van der Waals surface area (Å²) in [4.78, 5) is 3.27. The Bertz CT molecular complexity index is 525. The summed E-state index contributed by atoms with van der Waals surface area (Å²) < 4.78 is 0. The van der Waals surface area contributed by atoms with E-state index in [0.717, 1.165) is 16.4 Å². The molecule has 0 saturated carbocycles. The molecule has 0 spiro atoms. The third kappa shape index (κ3) is 1.47. The lowest BCUT2D eigenvalue weighted by molar-refractivity contribution is -0.778. The molecular weight excluding hydrogens is 198 g/mol. The van der Waals surface area contributed by atoms with Crippen LogP contribution in [0, 0.1) is 0 Å². The van der Waals surface area contributed by atoms with Crippen molar-refractivity contribution < 1.29 is 5.01 Å². The van der Waals surface area contributed by atoms with E-state index in [4.69, 9.17) is 0 Å². The summed E-state index contributed by atoms with van der Waals surface area (Å²) >= 11 is 0. The molecule has 2 aromatic rings. The Labute approximate surface area is 93.7 Å². The van der Waals surface area contributed by atoms with E-state index in [1.807, 2.05) is 42.9 Å². The first kappa shape index (κ1) is 9.12. The van der Waals surface area contributed by atoms with Gasteiger partial charge in [0.05, 0.1) is 6.21 Å². The number of aromatic nitrogens is 1. The predicted molar refractivity (Wildman–Crippen MR) is 64.5 cm³/mol. The second-order valence-electron chi connectivity index (χ2n) is 3.65. The largest absolute Gasteiger partial charge is 0.356 e. The maximum atomic E-state index is 4.32. The average Bonchev–Trinajstić information content (AvgIpc) is 3.01. The molecule has 0 bridgehead atoms. The summed E-state index contributed by atoms with van der Waals surface area (Å²) in [7, 11) is 0. The van der Waals surface area contributed by atoms with Gasteiger partial charge in [-0.1, -0.05) is 35.4 Å². The number of hydrogen-bond acceptors (Lipinski definition) is 1. The molecule has 3 heteroatoms. The summed E-state index contributed by atoms with van der Waals surface area (Å²) in [6.45, 7) is 0. The molecule has 0 radical (unpaired) electrons. The van der Waals surface area contributed by atoms with Gasteiger partial charge in [-0.05, 0) is 0 Å². The number of rotatable bonds is 2. The highest BCUT2D eigenvalue weighted by Gasteiger charge is 2.17. The zero-order valence-corrected chi connectivity index (χ0v) is 8.72. The Morgan fingerprint density at radius 1 is 1.06 bits per heavy atom. The number of nitrogens with one attached hydrogen (secondary N) is 2. The van der Waals surface area contributed by atoms with E-state index >= 15 is 0 Å². The van der Waals surface area contributed by atoms with E-state index in [2.05, 4.69) is 28.3 Å². The van der Waals surface area contributed by atoms with Crippen LogP contribution in [0.25, 0.3) is 11.3 Å². The fourth-order valence-corrected chi connectivity index (χ4v) is 1.89. The van der Waals surface area contributed by atoms with E-state index < -0.39 is 0 Å². The lowest BCUT2D eigenvalue weighted by atomic mass is 10.1. The predicted octanol–water partition coefficient (Wildman–Crippen LogP) is 1.71. The smallest absolute Gasteiger partial charge is 0.188 e. The molecule has 1 aliphatic heterocycles. The number of allylic oxidation sites excluding steroid dienone is 1. The Morgan fingerprint density at radius 2 is 1.94 bits per heavy atom. The second-order valence-corrected chi connectivity index (χ2v) is 3.65. The standard InChI is InChI=1S/C13H11N3/c1-2-5-11(6-3-1)13-12(7-9-14-13)16-10-4-8-15-16/h1-10,14H/p+1. The van der Waals surface area contributed by atoms with Crippen molar-refractivity contribution in [2.45, 2.75) is 0 Å². The third-order valence-corrected chi connectivity index (χ3v) is 2.64. The number of quaternary nitrogens is 1. The highest BCUT2D eigenvalue weighted by Crippen LogP contribution is 2.23. The van der Waals surface area contributed by atoms with Gasteiger partial charge in [0, 0.05) is 23.9 Å². The minimum absolute atomic E-state index is 1.01. The zero-order valence-electron chi connectivity index (χ0n) is 8.72. The van der Waals surface area contributed by atoms with Crippen LogP contribution in [0.3, 0.4) is 0 Å². The van der Waals surface area contributed by atoms with Crippen LogP contribution in [0.15, 0.2) is 60.0 Å². The highest BCUT2D eigenvalue weighted by atomic mass is 15.5. The van der Waals surface area contributed by atoms with Gasteiger partial charge in [-0.3, -0.25) is 0 Å². The molecule has 2 N–H and O–H groups in total. The van der Waals surface area contributed by atoms with Crippen molar-refractivity contribution in [3.05, 3.63) is 54.9 Å². The number of benzene rings is 1. The van der Waals surface area contributed by atoms with Crippen molar-refractivity contribution in [2.75, 3.05) is 0 Å². The first-order chi connectivity index (χ1) is 7.95. The van der Waals surface area contributed by atoms with E-state index in [1.165, 1.54) is 5.56 Å². The van der Waals surface area contributed by atoms with Crippen molar-refractivity contribution in [3.8, 4) is 11.3 Å². The van der Waals surface area contributed by atoms with Crippen LogP contribution in [0.1, 0.15) is 0 Å². The number of H-pyrrole nitrogens is 1. The van der Waals surface area contributed by atoms with Crippen LogP contribution in [0.2, 0.25) is 0 Å². The van der Waals surface area contributed by atoms with Crippen LogP contribution < -0.4 is 5.01 Å². The fourth-order valence-electron chi connectivity index (χ4n) is 1.89. The molecular formula is C13H12N3+. The van der Waals surface area contributed by atoms with Gasteiger partial charge >= 0.3 is 0 Å². The van der Waals surface area contributed by atoms with Gasteiger partial charge < -0.3 is 4.98 Å². The summed E-state index contributed by atoms with van der Waals surface area (Å²) in [5.74, 6) is 0. The van der Waals surface area contributed by atoms with Crippen molar-refractivity contribution in [1.82, 2.24) is 4.98 Å². The average molecular weight is 210 g/mol. The molecule has 1 unspecified atom stereocenters. The molecule has 16 heavy (non-hydrogen) atoms. The molecule has 78 valence electrons. The second kappa shape index (κ2) is 3.79. The van der Waals surface area contributed by atoms with Crippen LogP contribution in [0.5, 0.6) is 0 Å². The molecule has 2 heterocycles. The molecule has 1 aromatic heterocycles. The van der Waals surface area contributed by atoms with Crippen molar-refractivity contribution >= 4 is 11.9 Å². The van der Waals surface area contributed by atoms with Crippen molar-refractivity contribution in [2.24, 2.45) is 5.10 Å². The van der Waals surface area contributed by atoms with Gasteiger partial charge in [-0.25, -0.2) is 0 Å². The maximum Gasteiger partial charge on any atom is 0.188 e. The molecule has 3 rings (SSSR count). The Morgan fingerprint density at radius 3 is 2.69 bits per heavy atom. The summed E-state index contributed by atoms with van der Waals surface area (Å²) in [5, 5.41) is 5.34. The molecule has 0 fully saturated rings. The summed E-state index contributed by atoms with van der Waals surface area (Å²) in [5.41, 5.74) is 3.46. The lowest BCUT2D eigenvalue weighted by Crippen LogP contribution is -2.96. The van der Waals surface area contributed by atoms with Crippen LogP contribution >= 0.6 is 0 Å². The Hall–Kier alpha value is -2.13. The number of nitrogens with zero attached hydrogens (tertiary/aromatic N) is 1. The van der Waals surface area contributed by atoms with Crippen LogP contribution in [0.4, 0.5) is 5.69 Å².